The highest BCUT2D eigenvalue weighted by Gasteiger charge is 2.26. The molecule has 4 nitrogen and oxygen atoms in total. The van der Waals surface area contributed by atoms with E-state index in [0.29, 0.717) is 12.5 Å². The van der Waals surface area contributed by atoms with Crippen LogP contribution in [0.3, 0.4) is 0 Å². The fourth-order valence-corrected chi connectivity index (χ4v) is 3.06. The van der Waals surface area contributed by atoms with Crippen LogP contribution in [-0.2, 0) is 16.0 Å². The molecule has 1 aliphatic carbocycles. The molecule has 0 radical (unpaired) electrons. The fourth-order valence-electron chi connectivity index (χ4n) is 3.06. The Hall–Kier alpha value is -1.68. The molecule has 1 aromatic rings. The van der Waals surface area contributed by atoms with Crippen LogP contribution in [0.5, 0.6) is 0 Å². The third kappa shape index (κ3) is 4.41. The summed E-state index contributed by atoms with van der Waals surface area (Å²) in [6.07, 6.45) is 4.22. The Morgan fingerprint density at radius 3 is 2.32 bits per heavy atom. The van der Waals surface area contributed by atoms with Gasteiger partial charge in [0.25, 0.3) is 0 Å². The quantitative estimate of drug-likeness (QED) is 0.648. The van der Waals surface area contributed by atoms with Crippen molar-refractivity contribution in [3.05, 3.63) is 35.4 Å². The van der Waals surface area contributed by atoms with E-state index >= 15 is 0 Å². The largest absolute Gasteiger partial charge is 0.466 e. The van der Waals surface area contributed by atoms with E-state index in [-0.39, 0.29) is 24.1 Å². The summed E-state index contributed by atoms with van der Waals surface area (Å²) >= 11 is 0. The summed E-state index contributed by atoms with van der Waals surface area (Å²) in [7, 11) is 0. The molecule has 0 spiro atoms. The number of esters is 1. The molecule has 0 bridgehead atoms. The number of hydrogen-bond acceptors (Lipinski definition) is 4. The number of carbonyl (C=O) groups is 2. The summed E-state index contributed by atoms with van der Waals surface area (Å²) < 4.78 is 4.92. The molecule has 1 aromatic carbocycles. The molecule has 0 heterocycles. The van der Waals surface area contributed by atoms with E-state index < -0.39 is 0 Å². The number of nitrogens with two attached hydrogens (primary N) is 1. The van der Waals surface area contributed by atoms with E-state index in [9.17, 15) is 9.59 Å². The molecule has 2 N–H and O–H groups in total. The van der Waals surface area contributed by atoms with E-state index in [1.54, 1.807) is 6.92 Å². The summed E-state index contributed by atoms with van der Waals surface area (Å²) in [5, 5.41) is 0. The fraction of sp³-hybridized carbons (Fsp3) is 0.556. The van der Waals surface area contributed by atoms with Gasteiger partial charge < -0.3 is 10.5 Å². The molecule has 1 saturated carbocycles. The Kier molecular flexibility index (Phi) is 6.13. The van der Waals surface area contributed by atoms with Gasteiger partial charge in [0, 0.05) is 11.5 Å². The Balaban J connectivity index is 1.92. The highest BCUT2D eigenvalue weighted by atomic mass is 16.5. The van der Waals surface area contributed by atoms with Crippen LogP contribution >= 0.6 is 0 Å². The predicted molar refractivity (Wildman–Crippen MR) is 85.6 cm³/mol. The molecule has 1 aliphatic rings. The second-order valence-corrected chi connectivity index (χ2v) is 6.00. The number of rotatable bonds is 6. The van der Waals surface area contributed by atoms with Crippen molar-refractivity contribution in [2.75, 3.05) is 13.2 Å². The van der Waals surface area contributed by atoms with Crippen molar-refractivity contribution in [2.45, 2.75) is 39.0 Å². The number of Topliss-reactive ketones (excluding diaryl/α,β-unsaturated/α-hetero) is 1. The molecule has 22 heavy (non-hydrogen) atoms. The van der Waals surface area contributed by atoms with Gasteiger partial charge in [-0.1, -0.05) is 24.3 Å². The van der Waals surface area contributed by atoms with Crippen LogP contribution in [0.25, 0.3) is 0 Å². The lowest BCUT2D eigenvalue weighted by atomic mass is 9.78. The van der Waals surface area contributed by atoms with E-state index in [1.807, 2.05) is 24.3 Å². The van der Waals surface area contributed by atoms with E-state index in [0.717, 1.165) is 43.4 Å². The van der Waals surface area contributed by atoms with Crippen LogP contribution in [0.4, 0.5) is 0 Å². The van der Waals surface area contributed by atoms with Crippen molar-refractivity contribution in [1.82, 2.24) is 0 Å². The molecule has 120 valence electrons. The third-order valence-corrected chi connectivity index (χ3v) is 4.44. The van der Waals surface area contributed by atoms with Crippen LogP contribution in [0.2, 0.25) is 0 Å². The summed E-state index contributed by atoms with van der Waals surface area (Å²) in [5.41, 5.74) is 7.31. The highest BCUT2D eigenvalue weighted by Crippen LogP contribution is 2.30. The predicted octanol–water partition coefficient (Wildman–Crippen LogP) is 2.74. The minimum absolute atomic E-state index is 0.124. The van der Waals surface area contributed by atoms with Crippen LogP contribution in [0, 0.1) is 11.8 Å². The Bertz CT molecular complexity index is 502. The standard InChI is InChI=1S/C18H25NO3/c1-2-22-17(20)11-13-3-7-15(8-4-13)18(21)16-9-5-14(12-19)6-10-16/h3-4,7-8,14,16H,2,5-6,9-12,19H2,1H3. The average Bonchev–Trinajstić information content (AvgIpc) is 2.55. The molecule has 0 amide bonds. The summed E-state index contributed by atoms with van der Waals surface area (Å²) in [4.78, 5) is 23.9. The first kappa shape index (κ1) is 16.7. The van der Waals surface area contributed by atoms with Gasteiger partial charge in [0.2, 0.25) is 0 Å². The SMILES string of the molecule is CCOC(=O)Cc1ccc(C(=O)C2CCC(CN)CC2)cc1. The zero-order chi connectivity index (χ0) is 15.9. The minimum Gasteiger partial charge on any atom is -0.466 e. The van der Waals surface area contributed by atoms with Crippen molar-refractivity contribution in [3.8, 4) is 0 Å². The first-order valence-electron chi connectivity index (χ1n) is 8.12. The van der Waals surface area contributed by atoms with E-state index in [4.69, 9.17) is 10.5 Å². The zero-order valence-corrected chi connectivity index (χ0v) is 13.2. The average molecular weight is 303 g/mol. The van der Waals surface area contributed by atoms with E-state index in [2.05, 4.69) is 0 Å². The van der Waals surface area contributed by atoms with Crippen LogP contribution in [0.15, 0.2) is 24.3 Å². The second kappa shape index (κ2) is 8.08. The van der Waals surface area contributed by atoms with Crippen molar-refractivity contribution in [2.24, 2.45) is 17.6 Å². The molecule has 2 rings (SSSR count). The number of ketones is 1. The Labute approximate surface area is 132 Å². The normalized spacial score (nSPS) is 21.4. The lowest BCUT2D eigenvalue weighted by Gasteiger charge is -2.26. The molecule has 0 atom stereocenters. The molecule has 0 saturated heterocycles. The van der Waals surface area contributed by atoms with Gasteiger partial charge in [0.15, 0.2) is 5.78 Å². The number of ether oxygens (including phenoxy) is 1. The topological polar surface area (TPSA) is 69.4 Å². The van der Waals surface area contributed by atoms with Gasteiger partial charge in [0.1, 0.15) is 0 Å². The van der Waals surface area contributed by atoms with E-state index in [1.165, 1.54) is 0 Å². The lowest BCUT2D eigenvalue weighted by molar-refractivity contribution is -0.142. The first-order chi connectivity index (χ1) is 10.6. The molecule has 1 fully saturated rings. The third-order valence-electron chi connectivity index (χ3n) is 4.44. The van der Waals surface area contributed by atoms with Crippen molar-refractivity contribution in [3.63, 3.8) is 0 Å². The number of hydrogen-bond donors (Lipinski definition) is 1. The van der Waals surface area contributed by atoms with Gasteiger partial charge in [-0.25, -0.2) is 0 Å². The maximum Gasteiger partial charge on any atom is 0.310 e. The molecule has 4 heteroatoms. The van der Waals surface area contributed by atoms with Gasteiger partial charge in [-0.05, 0) is 50.6 Å². The summed E-state index contributed by atoms with van der Waals surface area (Å²) in [5.74, 6) is 0.689. The van der Waals surface area contributed by atoms with Gasteiger partial charge in [-0.15, -0.1) is 0 Å². The van der Waals surface area contributed by atoms with Crippen molar-refractivity contribution >= 4 is 11.8 Å². The molecule has 0 aliphatic heterocycles. The molecular formula is C18H25NO3. The molecule has 0 aromatic heterocycles. The number of benzene rings is 1. The van der Waals surface area contributed by atoms with Crippen molar-refractivity contribution in [1.29, 1.82) is 0 Å². The maximum atomic E-state index is 12.5. The van der Waals surface area contributed by atoms with Gasteiger partial charge in [-0.3, -0.25) is 9.59 Å². The molecular weight excluding hydrogens is 278 g/mol. The van der Waals surface area contributed by atoms with Gasteiger partial charge in [0.05, 0.1) is 13.0 Å². The highest BCUT2D eigenvalue weighted by molar-refractivity contribution is 5.98. The number of carbonyl (C=O) groups excluding carboxylic acids is 2. The maximum absolute atomic E-state index is 12.5. The monoisotopic (exact) mass is 303 g/mol. The molecule has 0 unspecified atom stereocenters. The Morgan fingerprint density at radius 2 is 1.77 bits per heavy atom. The Morgan fingerprint density at radius 1 is 1.14 bits per heavy atom. The first-order valence-corrected chi connectivity index (χ1v) is 8.12. The lowest BCUT2D eigenvalue weighted by Crippen LogP contribution is -2.25. The second-order valence-electron chi connectivity index (χ2n) is 6.00. The van der Waals surface area contributed by atoms with Crippen LogP contribution < -0.4 is 5.73 Å². The van der Waals surface area contributed by atoms with Gasteiger partial charge in [-0.2, -0.15) is 0 Å². The zero-order valence-electron chi connectivity index (χ0n) is 13.2. The van der Waals surface area contributed by atoms with Crippen molar-refractivity contribution < 1.29 is 14.3 Å². The van der Waals surface area contributed by atoms with Crippen LogP contribution in [-0.4, -0.2) is 24.9 Å². The van der Waals surface area contributed by atoms with Gasteiger partial charge >= 0.3 is 5.97 Å². The summed E-state index contributed by atoms with van der Waals surface area (Å²) in [6.45, 7) is 2.91. The van der Waals surface area contributed by atoms with Crippen LogP contribution in [0.1, 0.15) is 48.5 Å². The summed E-state index contributed by atoms with van der Waals surface area (Å²) in [6, 6.07) is 7.34. The smallest absolute Gasteiger partial charge is 0.310 e. The minimum atomic E-state index is -0.235.